The minimum atomic E-state index is -0.222. The van der Waals surface area contributed by atoms with E-state index in [1.807, 2.05) is 72.8 Å². The maximum absolute atomic E-state index is 13.2. The van der Waals surface area contributed by atoms with Gasteiger partial charge in [-0.3, -0.25) is 9.59 Å². The van der Waals surface area contributed by atoms with Crippen molar-refractivity contribution in [3.63, 3.8) is 0 Å². The number of primary amides is 1. The number of oxazole rings is 1. The molecular weight excluding hydrogens is 464 g/mol. The fourth-order valence-electron chi connectivity index (χ4n) is 4.68. The Labute approximate surface area is 216 Å². The summed E-state index contributed by atoms with van der Waals surface area (Å²) in [6.45, 7) is 2.74. The van der Waals surface area contributed by atoms with Crippen LogP contribution in [0.1, 0.15) is 28.8 Å². The van der Waals surface area contributed by atoms with Gasteiger partial charge in [0, 0.05) is 29.3 Å². The van der Waals surface area contributed by atoms with Crippen molar-refractivity contribution >= 4 is 17.5 Å². The summed E-state index contributed by atoms with van der Waals surface area (Å²) in [5.41, 5.74) is 9.41. The molecule has 0 unspecified atom stereocenters. The van der Waals surface area contributed by atoms with Crippen LogP contribution in [0, 0.1) is 5.92 Å². The van der Waals surface area contributed by atoms with Crippen molar-refractivity contribution < 1.29 is 14.0 Å². The molecule has 2 amide bonds. The van der Waals surface area contributed by atoms with Gasteiger partial charge in [-0.15, -0.1) is 0 Å². The van der Waals surface area contributed by atoms with E-state index in [-0.39, 0.29) is 17.7 Å². The van der Waals surface area contributed by atoms with Crippen LogP contribution in [0.25, 0.3) is 22.8 Å². The van der Waals surface area contributed by atoms with Crippen LogP contribution < -0.4 is 11.1 Å². The number of likely N-dealkylation sites (tertiary alicyclic amines) is 1. The van der Waals surface area contributed by atoms with E-state index in [0.29, 0.717) is 22.8 Å². The van der Waals surface area contributed by atoms with Crippen LogP contribution in [0.4, 0.5) is 5.69 Å². The molecule has 1 saturated heterocycles. The number of carbonyl (C=O) groups is 2. The summed E-state index contributed by atoms with van der Waals surface area (Å²) in [5, 5.41) is 2.99. The van der Waals surface area contributed by atoms with Crippen molar-refractivity contribution in [2.45, 2.75) is 19.3 Å². The quantitative estimate of drug-likeness (QED) is 0.359. The minimum Gasteiger partial charge on any atom is -0.436 e. The molecule has 0 radical (unpaired) electrons. The van der Waals surface area contributed by atoms with Crippen LogP contribution in [-0.2, 0) is 11.2 Å². The molecule has 5 rings (SSSR count). The van der Waals surface area contributed by atoms with Gasteiger partial charge in [0.2, 0.25) is 11.8 Å². The van der Waals surface area contributed by atoms with Crippen molar-refractivity contribution in [2.75, 3.05) is 25.0 Å². The van der Waals surface area contributed by atoms with Gasteiger partial charge in [-0.1, -0.05) is 54.6 Å². The number of aromatic nitrogens is 1. The lowest BCUT2D eigenvalue weighted by Crippen LogP contribution is -2.39. The average Bonchev–Trinajstić information content (AvgIpc) is 3.44. The van der Waals surface area contributed by atoms with Gasteiger partial charge in [0.05, 0.1) is 11.8 Å². The molecule has 0 bridgehead atoms. The molecule has 37 heavy (non-hydrogen) atoms. The second kappa shape index (κ2) is 11.2. The van der Waals surface area contributed by atoms with Crippen LogP contribution in [-0.4, -0.2) is 41.3 Å². The summed E-state index contributed by atoms with van der Waals surface area (Å²) >= 11 is 0. The summed E-state index contributed by atoms with van der Waals surface area (Å²) < 4.78 is 5.99. The van der Waals surface area contributed by atoms with Gasteiger partial charge in [0.1, 0.15) is 0 Å². The van der Waals surface area contributed by atoms with Crippen LogP contribution in [0.3, 0.4) is 0 Å². The van der Waals surface area contributed by atoms with Crippen LogP contribution in [0.2, 0.25) is 0 Å². The predicted molar refractivity (Wildman–Crippen MR) is 144 cm³/mol. The van der Waals surface area contributed by atoms with E-state index in [1.54, 1.807) is 12.3 Å². The molecule has 2 heterocycles. The van der Waals surface area contributed by atoms with E-state index >= 15 is 0 Å². The second-order valence-corrected chi connectivity index (χ2v) is 9.36. The Bertz CT molecular complexity index is 1360. The second-order valence-electron chi connectivity index (χ2n) is 9.36. The molecular formula is C30H30N4O3. The number of carbonyl (C=O) groups excluding carboxylic acids is 2. The van der Waals surface area contributed by atoms with E-state index < -0.39 is 0 Å². The van der Waals surface area contributed by atoms with Gasteiger partial charge in [-0.05, 0) is 62.2 Å². The number of nitrogens with one attached hydrogen (secondary N) is 1. The molecule has 0 aliphatic carbocycles. The van der Waals surface area contributed by atoms with Crippen LogP contribution in [0.5, 0.6) is 0 Å². The van der Waals surface area contributed by atoms with Gasteiger partial charge < -0.3 is 20.4 Å². The maximum Gasteiger partial charge on any atom is 0.256 e. The lowest BCUT2D eigenvalue weighted by atomic mass is 9.96. The summed E-state index contributed by atoms with van der Waals surface area (Å²) in [7, 11) is 0. The van der Waals surface area contributed by atoms with Gasteiger partial charge >= 0.3 is 0 Å². The maximum atomic E-state index is 13.2. The first-order valence-electron chi connectivity index (χ1n) is 12.6. The average molecular weight is 495 g/mol. The summed E-state index contributed by atoms with van der Waals surface area (Å²) in [6, 6.07) is 25.0. The zero-order chi connectivity index (χ0) is 25.6. The number of benzene rings is 3. The molecule has 3 N–H and O–H groups in total. The summed E-state index contributed by atoms with van der Waals surface area (Å²) in [4.78, 5) is 31.3. The Balaban J connectivity index is 1.20. The normalized spacial score (nSPS) is 14.4. The zero-order valence-electron chi connectivity index (χ0n) is 20.6. The number of amides is 2. The van der Waals surface area contributed by atoms with Crippen molar-refractivity contribution in [1.82, 2.24) is 9.88 Å². The minimum absolute atomic E-state index is 0.0127. The van der Waals surface area contributed by atoms with Crippen molar-refractivity contribution in [1.29, 1.82) is 0 Å². The number of hydrogen-bond acceptors (Lipinski definition) is 5. The van der Waals surface area contributed by atoms with E-state index in [4.69, 9.17) is 10.2 Å². The number of rotatable bonds is 8. The fourth-order valence-corrected chi connectivity index (χ4v) is 4.68. The third-order valence-corrected chi connectivity index (χ3v) is 6.88. The number of nitrogens with two attached hydrogens (primary N) is 1. The molecule has 0 spiro atoms. The standard InChI is InChI=1S/C30H30N4O3/c31-28(35)23-15-18-34(19-16-23)17-14-21-10-12-24(13-11-21)33-29(36)25-8-4-5-9-26(25)30-32-20-27(37-30)22-6-2-1-3-7-22/h1-13,20,23H,14-19H2,(H2,31,35)(H,33,36). The molecule has 7 heteroatoms. The predicted octanol–water partition coefficient (Wildman–Crippen LogP) is 5.00. The first-order chi connectivity index (χ1) is 18.1. The van der Waals surface area contributed by atoms with E-state index in [2.05, 4.69) is 15.2 Å². The van der Waals surface area contributed by atoms with Crippen molar-refractivity contribution in [3.8, 4) is 22.8 Å². The van der Waals surface area contributed by atoms with E-state index in [0.717, 1.165) is 50.1 Å². The van der Waals surface area contributed by atoms with Crippen LogP contribution >= 0.6 is 0 Å². The fraction of sp³-hybridized carbons (Fsp3) is 0.233. The Kier molecular flexibility index (Phi) is 7.42. The monoisotopic (exact) mass is 494 g/mol. The summed E-state index contributed by atoms with van der Waals surface area (Å²) in [6.07, 6.45) is 4.26. The Morgan fingerprint density at radius 1 is 0.946 bits per heavy atom. The molecule has 1 fully saturated rings. The van der Waals surface area contributed by atoms with Gasteiger partial charge in [0.25, 0.3) is 5.91 Å². The first-order valence-corrected chi connectivity index (χ1v) is 12.6. The molecule has 0 saturated carbocycles. The molecule has 1 aromatic heterocycles. The highest BCUT2D eigenvalue weighted by Crippen LogP contribution is 2.28. The molecule has 188 valence electrons. The van der Waals surface area contributed by atoms with Gasteiger partial charge in [0.15, 0.2) is 5.76 Å². The SMILES string of the molecule is NC(=O)C1CCN(CCc2ccc(NC(=O)c3ccccc3-c3ncc(-c4ccccc4)o3)cc2)CC1. The third-order valence-electron chi connectivity index (χ3n) is 6.88. The molecule has 7 nitrogen and oxygen atoms in total. The first kappa shape index (κ1) is 24.5. The smallest absolute Gasteiger partial charge is 0.256 e. The molecule has 4 aromatic rings. The Morgan fingerprint density at radius 2 is 1.65 bits per heavy atom. The zero-order valence-corrected chi connectivity index (χ0v) is 20.6. The number of anilines is 1. The van der Waals surface area contributed by atoms with E-state index in [1.165, 1.54) is 5.56 Å². The van der Waals surface area contributed by atoms with Crippen molar-refractivity contribution in [3.05, 3.63) is 96.2 Å². The number of piperidine rings is 1. The van der Waals surface area contributed by atoms with Gasteiger partial charge in [-0.2, -0.15) is 0 Å². The number of hydrogen-bond donors (Lipinski definition) is 2. The topological polar surface area (TPSA) is 101 Å². The molecule has 3 aromatic carbocycles. The van der Waals surface area contributed by atoms with Crippen molar-refractivity contribution in [2.24, 2.45) is 11.7 Å². The molecule has 1 aliphatic rings. The third kappa shape index (κ3) is 5.95. The van der Waals surface area contributed by atoms with Crippen LogP contribution in [0.15, 0.2) is 89.5 Å². The Morgan fingerprint density at radius 3 is 2.38 bits per heavy atom. The summed E-state index contributed by atoms with van der Waals surface area (Å²) in [5.74, 6) is 0.662. The largest absolute Gasteiger partial charge is 0.436 e. The van der Waals surface area contributed by atoms with E-state index in [9.17, 15) is 9.59 Å². The Hall–Kier alpha value is -4.23. The lowest BCUT2D eigenvalue weighted by Gasteiger charge is -2.30. The highest BCUT2D eigenvalue weighted by Gasteiger charge is 2.22. The molecule has 0 atom stereocenters. The highest BCUT2D eigenvalue weighted by atomic mass is 16.4. The highest BCUT2D eigenvalue weighted by molar-refractivity contribution is 6.08. The molecule has 1 aliphatic heterocycles. The lowest BCUT2D eigenvalue weighted by molar-refractivity contribution is -0.123. The number of nitrogens with zero attached hydrogens (tertiary/aromatic N) is 2. The van der Waals surface area contributed by atoms with Gasteiger partial charge in [-0.25, -0.2) is 4.98 Å².